The molecule has 2 aromatic heterocycles. The summed E-state index contributed by atoms with van der Waals surface area (Å²) in [5.41, 5.74) is 7.10. The number of aliphatic hydroxyl groups excluding tert-OH is 3. The molecular formula is C13H19N6O7P. The zero-order chi connectivity index (χ0) is 19.9. The fourth-order valence-electron chi connectivity index (χ4n) is 3.07. The molecule has 7 N–H and O–H groups in total. The highest BCUT2D eigenvalue weighted by molar-refractivity contribution is 7.30. The van der Waals surface area contributed by atoms with Crippen molar-refractivity contribution in [1.82, 2.24) is 14.5 Å². The van der Waals surface area contributed by atoms with E-state index in [1.165, 1.54) is 6.33 Å². The maximum absolute atomic E-state index is 10.2. The molecule has 4 atom stereocenters. The Kier molecular flexibility index (Phi) is 5.44. The van der Waals surface area contributed by atoms with Crippen LogP contribution in [0.4, 0.5) is 5.82 Å². The van der Waals surface area contributed by atoms with Gasteiger partial charge in [-0.05, 0) is 0 Å². The van der Waals surface area contributed by atoms with E-state index in [9.17, 15) is 15.3 Å². The summed E-state index contributed by atoms with van der Waals surface area (Å²) in [6.45, 7) is -0.395. The van der Waals surface area contributed by atoms with Gasteiger partial charge >= 0.3 is 8.25 Å². The number of nitrogens with zero attached hydrogens (tertiary/aromatic N) is 5. The van der Waals surface area contributed by atoms with Crippen LogP contribution in [0.25, 0.3) is 11.0 Å². The van der Waals surface area contributed by atoms with Crippen molar-refractivity contribution in [3.05, 3.63) is 18.1 Å². The highest BCUT2D eigenvalue weighted by Crippen LogP contribution is 2.36. The van der Waals surface area contributed by atoms with E-state index in [4.69, 9.17) is 24.8 Å². The number of ether oxygens (including phenoxy) is 1. The van der Waals surface area contributed by atoms with E-state index in [1.807, 2.05) is 0 Å². The van der Waals surface area contributed by atoms with Crippen molar-refractivity contribution in [3.63, 3.8) is 0 Å². The Balaban J connectivity index is 0.000000481. The van der Waals surface area contributed by atoms with Crippen LogP contribution in [0.3, 0.4) is 0 Å². The number of anilines is 1. The SMILES string of the molecule is CN1N=C(N)c2cn([C@@H]3O[C@H](CO)[C@@H](O)[C@H]3O)c3ncnc1c23.O=[PH](O)O. The molecule has 0 amide bonds. The average molecular weight is 402 g/mol. The second kappa shape index (κ2) is 7.48. The Morgan fingerprint density at radius 3 is 2.56 bits per heavy atom. The summed E-state index contributed by atoms with van der Waals surface area (Å²) in [7, 11) is -1.41. The minimum atomic E-state index is -3.13. The number of hydrogen-bond acceptors (Lipinski definition) is 10. The first-order chi connectivity index (χ1) is 12.8. The van der Waals surface area contributed by atoms with E-state index in [0.717, 1.165) is 0 Å². The van der Waals surface area contributed by atoms with E-state index in [1.54, 1.807) is 22.8 Å². The molecule has 27 heavy (non-hydrogen) atoms. The standard InChI is InChI=1S/C13H16N6O4.H3O3P/c1-18-11-7-5(10(14)17-18)2-19(12(7)16-4-15-11)13-9(22)8(21)6(3-20)23-13;1-4(2)3/h2,4,6,8-9,13,20-22H,3H2,1H3,(H2,14,17);4H,(H2,1,2,3)/t6-,8-,9-,13-;/m1./s1. The number of amidine groups is 1. The molecule has 2 aliphatic rings. The largest absolute Gasteiger partial charge is 0.394 e. The van der Waals surface area contributed by atoms with Gasteiger partial charge in [0, 0.05) is 18.8 Å². The van der Waals surface area contributed by atoms with E-state index < -0.39 is 39.4 Å². The predicted molar refractivity (Wildman–Crippen MR) is 93.1 cm³/mol. The quantitative estimate of drug-likeness (QED) is 0.289. The van der Waals surface area contributed by atoms with Crippen LogP contribution in [0.2, 0.25) is 0 Å². The lowest BCUT2D eigenvalue weighted by Gasteiger charge is -2.19. The minimum Gasteiger partial charge on any atom is -0.394 e. The fourth-order valence-corrected chi connectivity index (χ4v) is 3.07. The van der Waals surface area contributed by atoms with Crippen LogP contribution in [0, 0.1) is 0 Å². The summed E-state index contributed by atoms with van der Waals surface area (Å²) < 4.78 is 15.9. The molecule has 0 spiro atoms. The molecule has 0 saturated carbocycles. The van der Waals surface area contributed by atoms with Gasteiger partial charge in [-0.3, -0.25) is 4.57 Å². The first-order valence-electron chi connectivity index (χ1n) is 7.74. The highest BCUT2D eigenvalue weighted by atomic mass is 31.1. The molecule has 0 aromatic carbocycles. The van der Waals surface area contributed by atoms with Gasteiger partial charge in [0.2, 0.25) is 0 Å². The molecule has 4 rings (SSSR count). The lowest BCUT2D eigenvalue weighted by Crippen LogP contribution is -2.33. The first-order valence-corrected chi connectivity index (χ1v) is 9.04. The van der Waals surface area contributed by atoms with Crippen LogP contribution in [-0.2, 0) is 9.30 Å². The summed E-state index contributed by atoms with van der Waals surface area (Å²) in [5.74, 6) is 0.884. The van der Waals surface area contributed by atoms with Crippen LogP contribution >= 0.6 is 8.25 Å². The summed E-state index contributed by atoms with van der Waals surface area (Å²) in [6.07, 6.45) is -1.10. The topological polar surface area (TPSA) is 200 Å². The smallest absolute Gasteiger partial charge is 0.314 e. The normalized spacial score (nSPS) is 26.9. The molecule has 148 valence electrons. The Morgan fingerprint density at radius 1 is 1.30 bits per heavy atom. The van der Waals surface area contributed by atoms with Gasteiger partial charge in [-0.2, -0.15) is 5.10 Å². The molecule has 0 unspecified atom stereocenters. The average Bonchev–Trinajstić information content (AvgIpc) is 3.12. The van der Waals surface area contributed by atoms with E-state index in [-0.39, 0.29) is 0 Å². The van der Waals surface area contributed by atoms with Crippen LogP contribution in [0.5, 0.6) is 0 Å². The summed E-state index contributed by atoms with van der Waals surface area (Å²) in [4.78, 5) is 22.8. The second-order valence-corrected chi connectivity index (χ2v) is 6.43. The third-order valence-electron chi connectivity index (χ3n) is 4.22. The van der Waals surface area contributed by atoms with Gasteiger partial charge in [-0.1, -0.05) is 0 Å². The molecular weight excluding hydrogens is 383 g/mol. The van der Waals surface area contributed by atoms with Crippen molar-refractivity contribution in [2.24, 2.45) is 10.8 Å². The van der Waals surface area contributed by atoms with Gasteiger partial charge in [0.1, 0.15) is 30.3 Å². The number of hydrazone groups is 1. The highest BCUT2D eigenvalue weighted by Gasteiger charge is 2.44. The lowest BCUT2D eigenvalue weighted by molar-refractivity contribution is -0.0508. The molecule has 1 fully saturated rings. The molecule has 0 aliphatic carbocycles. The maximum atomic E-state index is 10.2. The van der Waals surface area contributed by atoms with E-state index in [0.29, 0.717) is 28.3 Å². The van der Waals surface area contributed by atoms with Crippen molar-refractivity contribution in [2.45, 2.75) is 24.5 Å². The number of nitrogens with two attached hydrogens (primary N) is 1. The van der Waals surface area contributed by atoms with Crippen molar-refractivity contribution in [2.75, 3.05) is 18.7 Å². The predicted octanol–water partition coefficient (Wildman–Crippen LogP) is -2.53. The Labute approximate surface area is 152 Å². The molecule has 13 nitrogen and oxygen atoms in total. The number of aromatic nitrogens is 3. The lowest BCUT2D eigenvalue weighted by atomic mass is 10.1. The number of aliphatic hydroxyl groups is 3. The van der Waals surface area contributed by atoms with Gasteiger partial charge in [0.05, 0.1) is 12.0 Å². The van der Waals surface area contributed by atoms with Crippen molar-refractivity contribution >= 4 is 30.9 Å². The van der Waals surface area contributed by atoms with Crippen LogP contribution in [0.1, 0.15) is 11.8 Å². The van der Waals surface area contributed by atoms with Crippen LogP contribution in [-0.4, -0.2) is 77.4 Å². The van der Waals surface area contributed by atoms with Crippen LogP contribution < -0.4 is 10.7 Å². The molecule has 4 heterocycles. The zero-order valence-corrected chi connectivity index (χ0v) is 15.0. The third-order valence-corrected chi connectivity index (χ3v) is 4.22. The Hall–Kier alpha value is -2.12. The van der Waals surface area contributed by atoms with Gasteiger partial charge in [-0.25, -0.2) is 15.0 Å². The first kappa shape index (κ1) is 19.6. The van der Waals surface area contributed by atoms with Crippen LogP contribution in [0.15, 0.2) is 17.6 Å². The van der Waals surface area contributed by atoms with E-state index >= 15 is 0 Å². The summed E-state index contributed by atoms with van der Waals surface area (Å²) in [6, 6.07) is 0. The molecule has 0 bridgehead atoms. The van der Waals surface area contributed by atoms with Crippen molar-refractivity contribution in [1.29, 1.82) is 0 Å². The zero-order valence-electron chi connectivity index (χ0n) is 14.0. The molecule has 1 saturated heterocycles. The van der Waals surface area contributed by atoms with Gasteiger partial charge in [0.15, 0.2) is 17.9 Å². The summed E-state index contributed by atoms with van der Waals surface area (Å²) in [5, 5.41) is 35.9. The Morgan fingerprint density at radius 2 is 1.96 bits per heavy atom. The van der Waals surface area contributed by atoms with Gasteiger partial charge in [-0.15, -0.1) is 0 Å². The van der Waals surface area contributed by atoms with Gasteiger partial charge in [0.25, 0.3) is 0 Å². The van der Waals surface area contributed by atoms with Gasteiger partial charge < -0.3 is 40.1 Å². The Bertz CT molecular complexity index is 901. The number of hydrogen-bond donors (Lipinski definition) is 6. The molecule has 0 radical (unpaired) electrons. The molecule has 2 aromatic rings. The number of rotatable bonds is 2. The molecule has 14 heteroatoms. The molecule has 2 aliphatic heterocycles. The summed E-state index contributed by atoms with van der Waals surface area (Å²) >= 11 is 0. The monoisotopic (exact) mass is 402 g/mol. The maximum Gasteiger partial charge on any atom is 0.314 e. The fraction of sp³-hybridized carbons (Fsp3) is 0.462. The third kappa shape index (κ3) is 3.41. The second-order valence-electron chi connectivity index (χ2n) is 5.87. The minimum absolute atomic E-state index is 0.297. The van der Waals surface area contributed by atoms with Crippen molar-refractivity contribution in [3.8, 4) is 0 Å². The van der Waals surface area contributed by atoms with Crippen molar-refractivity contribution < 1.29 is 34.4 Å². The van der Waals surface area contributed by atoms with E-state index in [2.05, 4.69) is 15.1 Å².